The predicted molar refractivity (Wildman–Crippen MR) is 97.7 cm³/mol. The van der Waals surface area contributed by atoms with Crippen molar-refractivity contribution in [3.63, 3.8) is 0 Å². The number of hydrogen-bond donors (Lipinski definition) is 2. The highest BCUT2D eigenvalue weighted by Crippen LogP contribution is 2.28. The molecule has 26 heavy (non-hydrogen) atoms. The maximum atomic E-state index is 12.3. The lowest BCUT2D eigenvalue weighted by Crippen LogP contribution is -2.47. The van der Waals surface area contributed by atoms with Gasteiger partial charge in [-0.2, -0.15) is 0 Å². The number of urea groups is 1. The predicted octanol–water partition coefficient (Wildman–Crippen LogP) is 2.39. The van der Waals surface area contributed by atoms with Gasteiger partial charge in [0, 0.05) is 19.6 Å². The zero-order valence-electron chi connectivity index (χ0n) is 15.7. The minimum absolute atomic E-state index is 0.185. The van der Waals surface area contributed by atoms with Gasteiger partial charge in [0.2, 0.25) is 0 Å². The summed E-state index contributed by atoms with van der Waals surface area (Å²) in [4.78, 5) is 25.0. The third-order valence-electron chi connectivity index (χ3n) is 4.69. The van der Waals surface area contributed by atoms with E-state index in [-0.39, 0.29) is 18.5 Å². The van der Waals surface area contributed by atoms with E-state index in [9.17, 15) is 9.59 Å². The van der Waals surface area contributed by atoms with Crippen LogP contribution < -0.4 is 14.8 Å². The van der Waals surface area contributed by atoms with Crippen molar-refractivity contribution in [1.82, 2.24) is 10.2 Å². The Kier molecular flexibility index (Phi) is 7.12. The standard InChI is InChI=1S/C19H28N2O5/c1-13(9-14-6-7-16(25-2)17(10-14)26-3)11-20-19(24)21-8-4-5-15(12-21)18(22)23/h6-7,10,13,15H,4-5,8-9,11-12H2,1-3H3,(H,20,24)(H,22,23). The average Bonchev–Trinajstić information content (AvgIpc) is 2.66. The fourth-order valence-corrected chi connectivity index (χ4v) is 3.22. The van der Waals surface area contributed by atoms with Gasteiger partial charge in [0.1, 0.15) is 0 Å². The smallest absolute Gasteiger partial charge is 0.317 e. The van der Waals surface area contributed by atoms with Crippen molar-refractivity contribution >= 4 is 12.0 Å². The summed E-state index contributed by atoms with van der Waals surface area (Å²) < 4.78 is 10.6. The van der Waals surface area contributed by atoms with Crippen LogP contribution in [0.15, 0.2) is 18.2 Å². The first-order valence-electron chi connectivity index (χ1n) is 8.91. The summed E-state index contributed by atoms with van der Waals surface area (Å²) in [7, 11) is 3.21. The van der Waals surface area contributed by atoms with Crippen LogP contribution in [0.4, 0.5) is 4.79 Å². The van der Waals surface area contributed by atoms with Crippen LogP contribution in [-0.4, -0.2) is 55.9 Å². The lowest BCUT2D eigenvalue weighted by molar-refractivity contribution is -0.143. The van der Waals surface area contributed by atoms with Crippen molar-refractivity contribution in [3.8, 4) is 11.5 Å². The van der Waals surface area contributed by atoms with Gasteiger partial charge < -0.3 is 24.8 Å². The van der Waals surface area contributed by atoms with E-state index in [2.05, 4.69) is 12.2 Å². The number of carboxylic acid groups (broad SMARTS) is 1. The number of rotatable bonds is 7. The number of hydrogen-bond acceptors (Lipinski definition) is 4. The molecule has 144 valence electrons. The number of amides is 2. The Morgan fingerprint density at radius 2 is 2.04 bits per heavy atom. The van der Waals surface area contributed by atoms with Crippen LogP contribution in [0.25, 0.3) is 0 Å². The van der Waals surface area contributed by atoms with Crippen molar-refractivity contribution < 1.29 is 24.2 Å². The Hall–Kier alpha value is -2.44. The van der Waals surface area contributed by atoms with E-state index in [1.807, 2.05) is 18.2 Å². The SMILES string of the molecule is COc1ccc(CC(C)CNC(=O)N2CCCC(C(=O)O)C2)cc1OC. The zero-order valence-corrected chi connectivity index (χ0v) is 15.7. The molecule has 0 aromatic heterocycles. The Balaban J connectivity index is 1.83. The van der Waals surface area contributed by atoms with Crippen LogP contribution in [0.1, 0.15) is 25.3 Å². The molecular formula is C19H28N2O5. The van der Waals surface area contributed by atoms with E-state index < -0.39 is 11.9 Å². The summed E-state index contributed by atoms with van der Waals surface area (Å²) in [5.41, 5.74) is 1.10. The molecule has 1 heterocycles. The maximum Gasteiger partial charge on any atom is 0.317 e. The number of aliphatic carboxylic acids is 1. The number of nitrogens with zero attached hydrogens (tertiary/aromatic N) is 1. The molecule has 0 bridgehead atoms. The summed E-state index contributed by atoms with van der Waals surface area (Å²) in [6.45, 7) is 3.49. The van der Waals surface area contributed by atoms with E-state index in [1.165, 1.54) is 0 Å². The van der Waals surface area contributed by atoms with Crippen molar-refractivity contribution in [2.75, 3.05) is 33.9 Å². The van der Waals surface area contributed by atoms with Crippen molar-refractivity contribution in [3.05, 3.63) is 23.8 Å². The monoisotopic (exact) mass is 364 g/mol. The largest absolute Gasteiger partial charge is 0.493 e. The van der Waals surface area contributed by atoms with Crippen LogP contribution in [0.3, 0.4) is 0 Å². The number of benzene rings is 1. The van der Waals surface area contributed by atoms with Gasteiger partial charge in [-0.05, 0) is 42.9 Å². The second-order valence-electron chi connectivity index (χ2n) is 6.81. The molecule has 1 aromatic rings. The quantitative estimate of drug-likeness (QED) is 0.776. The second kappa shape index (κ2) is 9.31. The summed E-state index contributed by atoms with van der Waals surface area (Å²) >= 11 is 0. The number of carbonyl (C=O) groups is 2. The van der Waals surface area contributed by atoms with Crippen molar-refractivity contribution in [1.29, 1.82) is 0 Å². The van der Waals surface area contributed by atoms with Gasteiger partial charge in [0.15, 0.2) is 11.5 Å². The van der Waals surface area contributed by atoms with Crippen LogP contribution in [0, 0.1) is 11.8 Å². The number of likely N-dealkylation sites (tertiary alicyclic amines) is 1. The molecule has 7 nitrogen and oxygen atoms in total. The van der Waals surface area contributed by atoms with Crippen molar-refractivity contribution in [2.45, 2.75) is 26.2 Å². The number of piperidine rings is 1. The Bertz CT molecular complexity index is 634. The van der Waals surface area contributed by atoms with Crippen LogP contribution >= 0.6 is 0 Å². The Labute approximate surface area is 154 Å². The van der Waals surface area contributed by atoms with Crippen LogP contribution in [0.2, 0.25) is 0 Å². The van der Waals surface area contributed by atoms with Crippen molar-refractivity contribution in [2.24, 2.45) is 11.8 Å². The number of ether oxygens (including phenoxy) is 2. The lowest BCUT2D eigenvalue weighted by atomic mass is 9.98. The topological polar surface area (TPSA) is 88.1 Å². The molecular weight excluding hydrogens is 336 g/mol. The molecule has 1 aliphatic heterocycles. The molecule has 0 saturated carbocycles. The summed E-state index contributed by atoms with van der Waals surface area (Å²) in [6.07, 6.45) is 2.15. The minimum atomic E-state index is -0.829. The summed E-state index contributed by atoms with van der Waals surface area (Å²) in [5, 5.41) is 12.0. The summed E-state index contributed by atoms with van der Waals surface area (Å²) in [5.74, 6) is 0.324. The minimum Gasteiger partial charge on any atom is -0.493 e. The van der Waals surface area contributed by atoms with Crippen LogP contribution in [0.5, 0.6) is 11.5 Å². The molecule has 0 spiro atoms. The molecule has 0 aliphatic carbocycles. The number of carbonyl (C=O) groups excluding carboxylic acids is 1. The second-order valence-corrected chi connectivity index (χ2v) is 6.81. The maximum absolute atomic E-state index is 12.3. The molecule has 2 rings (SSSR count). The fraction of sp³-hybridized carbons (Fsp3) is 0.579. The molecule has 1 aliphatic rings. The van der Waals surface area contributed by atoms with E-state index >= 15 is 0 Å². The van der Waals surface area contributed by atoms with Gasteiger partial charge >= 0.3 is 12.0 Å². The molecule has 1 saturated heterocycles. The fourth-order valence-electron chi connectivity index (χ4n) is 3.22. The molecule has 2 amide bonds. The van der Waals surface area contributed by atoms with E-state index in [0.29, 0.717) is 31.0 Å². The lowest BCUT2D eigenvalue weighted by Gasteiger charge is -2.31. The Morgan fingerprint density at radius 3 is 2.69 bits per heavy atom. The third-order valence-corrected chi connectivity index (χ3v) is 4.69. The Morgan fingerprint density at radius 1 is 1.31 bits per heavy atom. The van der Waals surface area contributed by atoms with E-state index in [0.717, 1.165) is 18.4 Å². The number of nitrogens with one attached hydrogen (secondary N) is 1. The van der Waals surface area contributed by atoms with Crippen LogP contribution in [-0.2, 0) is 11.2 Å². The van der Waals surface area contributed by atoms with Gasteiger partial charge in [0.05, 0.1) is 20.1 Å². The normalized spacial score (nSPS) is 18.1. The molecule has 2 unspecified atom stereocenters. The highest BCUT2D eigenvalue weighted by atomic mass is 16.5. The van der Waals surface area contributed by atoms with Gasteiger partial charge in [-0.3, -0.25) is 4.79 Å². The van der Waals surface area contributed by atoms with E-state index in [1.54, 1.807) is 19.1 Å². The molecule has 2 N–H and O–H groups in total. The molecule has 2 atom stereocenters. The molecule has 0 radical (unpaired) electrons. The number of methoxy groups -OCH3 is 2. The van der Waals surface area contributed by atoms with Gasteiger partial charge in [-0.25, -0.2) is 4.79 Å². The highest BCUT2D eigenvalue weighted by Gasteiger charge is 2.28. The molecule has 1 aromatic carbocycles. The first-order chi connectivity index (χ1) is 12.4. The van der Waals surface area contributed by atoms with Gasteiger partial charge in [-0.15, -0.1) is 0 Å². The third kappa shape index (κ3) is 5.28. The molecule has 1 fully saturated rings. The first-order valence-corrected chi connectivity index (χ1v) is 8.91. The summed E-state index contributed by atoms with van der Waals surface area (Å²) in [6, 6.07) is 5.62. The van der Waals surface area contributed by atoms with Gasteiger partial charge in [0.25, 0.3) is 0 Å². The molecule has 7 heteroatoms. The van der Waals surface area contributed by atoms with Gasteiger partial charge in [-0.1, -0.05) is 13.0 Å². The zero-order chi connectivity index (χ0) is 19.1. The highest BCUT2D eigenvalue weighted by molar-refractivity contribution is 5.76. The number of carboxylic acids is 1. The van der Waals surface area contributed by atoms with E-state index in [4.69, 9.17) is 14.6 Å². The average molecular weight is 364 g/mol. The first kappa shape index (κ1) is 19.9.